The van der Waals surface area contributed by atoms with Crippen molar-refractivity contribution >= 4 is 11.4 Å². The summed E-state index contributed by atoms with van der Waals surface area (Å²) in [6, 6.07) is 9.20. The summed E-state index contributed by atoms with van der Waals surface area (Å²) in [5.41, 5.74) is 1.07. The predicted octanol–water partition coefficient (Wildman–Crippen LogP) is 2.79. The van der Waals surface area contributed by atoms with Gasteiger partial charge in [0, 0.05) is 0 Å². The zero-order chi connectivity index (χ0) is 14.3. The number of nitriles is 1. The molecule has 0 spiro atoms. The Hall–Kier alpha value is -1.42. The van der Waals surface area contributed by atoms with Crippen LogP contribution in [-0.4, -0.2) is 15.1 Å². The maximum absolute atomic E-state index is 10.8. The van der Waals surface area contributed by atoms with Crippen LogP contribution in [0.1, 0.15) is 25.3 Å². The maximum atomic E-state index is 10.8. The van der Waals surface area contributed by atoms with Crippen molar-refractivity contribution in [3.63, 3.8) is 0 Å². The van der Waals surface area contributed by atoms with Gasteiger partial charge in [0.05, 0.1) is 6.07 Å². The highest BCUT2D eigenvalue weighted by Crippen LogP contribution is 2.21. The third kappa shape index (κ3) is 5.39. The van der Waals surface area contributed by atoms with E-state index in [0.29, 0.717) is 12.2 Å². The Bertz CT molecular complexity index is 455. The van der Waals surface area contributed by atoms with E-state index in [1.807, 2.05) is 32.0 Å². The minimum absolute atomic E-state index is 0.498. The summed E-state index contributed by atoms with van der Waals surface area (Å²) in [6.45, 7) is 3.86. The largest absolute Gasteiger partial charge is 0.462 e. The lowest BCUT2D eigenvalue weighted by Gasteiger charge is -2.21. The summed E-state index contributed by atoms with van der Waals surface area (Å²) in [4.78, 5) is 0. The number of ether oxygens (including phenoxy) is 1. The van der Waals surface area contributed by atoms with Crippen molar-refractivity contribution in [2.24, 2.45) is 5.92 Å². The van der Waals surface area contributed by atoms with E-state index in [2.05, 4.69) is 0 Å². The Morgan fingerprint density at radius 3 is 2.53 bits per heavy atom. The van der Waals surface area contributed by atoms with Crippen LogP contribution >= 0.6 is 0 Å². The van der Waals surface area contributed by atoms with Gasteiger partial charge < -0.3 is 4.74 Å². The molecule has 0 amide bonds. The molecule has 0 bridgehead atoms. The van der Waals surface area contributed by atoms with Gasteiger partial charge in [-0.2, -0.15) is 9.47 Å². The molecule has 0 aliphatic heterocycles. The summed E-state index contributed by atoms with van der Waals surface area (Å²) < 4.78 is 29.9. The third-order valence-electron chi connectivity index (χ3n) is 2.54. The van der Waals surface area contributed by atoms with Gasteiger partial charge in [-0.25, -0.2) is 4.18 Å². The van der Waals surface area contributed by atoms with Crippen molar-refractivity contribution in [1.82, 2.24) is 0 Å². The van der Waals surface area contributed by atoms with E-state index in [1.54, 1.807) is 12.1 Å². The summed E-state index contributed by atoms with van der Waals surface area (Å²) in [6.07, 6.45) is 0.232. The van der Waals surface area contributed by atoms with E-state index < -0.39 is 23.6 Å². The molecule has 1 aromatic rings. The number of aryl methyl sites for hydroxylation is 1. The Morgan fingerprint density at radius 1 is 1.42 bits per heavy atom. The highest BCUT2D eigenvalue weighted by Gasteiger charge is 2.25. The van der Waals surface area contributed by atoms with E-state index in [9.17, 15) is 4.21 Å². The molecule has 1 rings (SSSR count). The molecule has 0 aliphatic carbocycles. The summed E-state index contributed by atoms with van der Waals surface area (Å²) in [7, 11) is 0. The zero-order valence-corrected chi connectivity index (χ0v) is 11.7. The van der Waals surface area contributed by atoms with Crippen LogP contribution in [0.2, 0.25) is 0 Å². The third-order valence-corrected chi connectivity index (χ3v) is 2.90. The molecule has 1 aromatic carbocycles. The molecular weight excluding hydrogens is 266 g/mol. The lowest BCUT2D eigenvalue weighted by atomic mass is 10.1. The van der Waals surface area contributed by atoms with E-state index >= 15 is 0 Å². The van der Waals surface area contributed by atoms with Crippen LogP contribution in [0, 0.1) is 24.2 Å². The summed E-state index contributed by atoms with van der Waals surface area (Å²) >= 11 is -2.48. The molecule has 0 aromatic heterocycles. The molecule has 0 radical (unpaired) electrons. The number of nitrogens with zero attached hydrogens (tertiary/aromatic N) is 1. The van der Waals surface area contributed by atoms with Crippen molar-refractivity contribution < 1.29 is 17.7 Å². The highest BCUT2D eigenvalue weighted by molar-refractivity contribution is 7.74. The summed E-state index contributed by atoms with van der Waals surface area (Å²) in [5.74, 6) is -0.0974. The molecule has 6 heteroatoms. The van der Waals surface area contributed by atoms with Gasteiger partial charge in [-0.3, -0.25) is 4.55 Å². The highest BCUT2D eigenvalue weighted by atomic mass is 32.2. The van der Waals surface area contributed by atoms with Crippen LogP contribution in [-0.2, 0) is 15.5 Å². The standard InChI is InChI=1S/C13H17NO4S/c1-3-4-11(9-14)13(18-19(15)16)17-12-7-5-10(2)6-8-12/h5-8,11,13H,3-4H2,1-2H3,(H,15,16). The lowest BCUT2D eigenvalue weighted by Crippen LogP contribution is -2.30. The van der Waals surface area contributed by atoms with E-state index in [1.165, 1.54) is 0 Å². The van der Waals surface area contributed by atoms with Crippen LogP contribution in [0.5, 0.6) is 5.75 Å². The maximum Gasteiger partial charge on any atom is 0.305 e. The average molecular weight is 283 g/mol. The molecule has 3 unspecified atom stereocenters. The normalized spacial score (nSPS) is 15.3. The summed E-state index contributed by atoms with van der Waals surface area (Å²) in [5, 5.41) is 9.07. The average Bonchev–Trinajstić information content (AvgIpc) is 2.37. The van der Waals surface area contributed by atoms with E-state index in [-0.39, 0.29) is 0 Å². The monoisotopic (exact) mass is 283 g/mol. The first-order valence-electron chi connectivity index (χ1n) is 5.97. The SMILES string of the molecule is CCCC(C#N)C(Oc1ccc(C)cc1)OS(=O)O. The van der Waals surface area contributed by atoms with Crippen molar-refractivity contribution in [2.75, 3.05) is 0 Å². The first kappa shape index (κ1) is 15.6. The Balaban J connectivity index is 2.81. The molecule has 0 heterocycles. The number of rotatable bonds is 7. The zero-order valence-electron chi connectivity index (χ0n) is 10.9. The fourth-order valence-electron chi connectivity index (χ4n) is 1.57. The lowest BCUT2D eigenvalue weighted by molar-refractivity contribution is -0.0224. The molecule has 0 aliphatic rings. The van der Waals surface area contributed by atoms with Gasteiger partial charge in [0.1, 0.15) is 11.7 Å². The van der Waals surface area contributed by atoms with E-state index in [4.69, 9.17) is 18.7 Å². The number of benzene rings is 1. The Kier molecular flexibility index (Phi) is 6.50. The minimum Gasteiger partial charge on any atom is -0.462 e. The van der Waals surface area contributed by atoms with Gasteiger partial charge in [-0.05, 0) is 25.5 Å². The van der Waals surface area contributed by atoms with Gasteiger partial charge in [0.15, 0.2) is 0 Å². The predicted molar refractivity (Wildman–Crippen MR) is 71.5 cm³/mol. The molecule has 0 saturated carbocycles. The number of hydrogen-bond donors (Lipinski definition) is 1. The molecule has 104 valence electrons. The van der Waals surface area contributed by atoms with Crippen LogP contribution in [0.3, 0.4) is 0 Å². The van der Waals surface area contributed by atoms with Gasteiger partial charge in [0.25, 0.3) is 0 Å². The molecule has 19 heavy (non-hydrogen) atoms. The van der Waals surface area contributed by atoms with Crippen molar-refractivity contribution in [2.45, 2.75) is 33.0 Å². The smallest absolute Gasteiger partial charge is 0.305 e. The quantitative estimate of drug-likeness (QED) is 0.615. The van der Waals surface area contributed by atoms with Gasteiger partial charge in [-0.1, -0.05) is 31.0 Å². The van der Waals surface area contributed by atoms with Gasteiger partial charge >= 0.3 is 11.4 Å². The second-order valence-corrected chi connectivity index (χ2v) is 4.76. The molecule has 0 saturated heterocycles. The van der Waals surface area contributed by atoms with Crippen LogP contribution < -0.4 is 4.74 Å². The van der Waals surface area contributed by atoms with Gasteiger partial charge in [0.2, 0.25) is 6.29 Å². The number of hydrogen-bond acceptors (Lipinski definition) is 4. The minimum atomic E-state index is -2.48. The fourth-order valence-corrected chi connectivity index (χ4v) is 1.91. The van der Waals surface area contributed by atoms with E-state index in [0.717, 1.165) is 12.0 Å². The Labute approximate surface area is 115 Å². The fraction of sp³-hybridized carbons (Fsp3) is 0.462. The van der Waals surface area contributed by atoms with Crippen molar-refractivity contribution in [3.8, 4) is 11.8 Å². The molecular formula is C13H17NO4S. The van der Waals surface area contributed by atoms with Gasteiger partial charge in [-0.15, -0.1) is 0 Å². The molecule has 1 N–H and O–H groups in total. The van der Waals surface area contributed by atoms with Crippen molar-refractivity contribution in [1.29, 1.82) is 5.26 Å². The van der Waals surface area contributed by atoms with Crippen LogP contribution in [0.15, 0.2) is 24.3 Å². The second kappa shape index (κ2) is 7.89. The molecule has 0 fully saturated rings. The molecule has 5 nitrogen and oxygen atoms in total. The second-order valence-electron chi connectivity index (χ2n) is 4.14. The topological polar surface area (TPSA) is 79.5 Å². The first-order valence-corrected chi connectivity index (χ1v) is 7.01. The van der Waals surface area contributed by atoms with Crippen LogP contribution in [0.25, 0.3) is 0 Å². The Morgan fingerprint density at radius 2 is 2.05 bits per heavy atom. The molecule has 3 atom stereocenters. The van der Waals surface area contributed by atoms with Crippen molar-refractivity contribution in [3.05, 3.63) is 29.8 Å². The van der Waals surface area contributed by atoms with Crippen LogP contribution in [0.4, 0.5) is 0 Å². The first-order chi connectivity index (χ1) is 9.06.